The first-order valence-corrected chi connectivity index (χ1v) is 7.62. The summed E-state index contributed by atoms with van der Waals surface area (Å²) in [5.41, 5.74) is 0.599. The zero-order valence-corrected chi connectivity index (χ0v) is 11.9. The molecule has 0 aliphatic carbocycles. The molecule has 0 saturated heterocycles. The minimum absolute atomic E-state index is 0.198. The Morgan fingerprint density at radius 3 is 2.56 bits per heavy atom. The first-order chi connectivity index (χ1) is 8.36. The maximum Gasteiger partial charge on any atom is 0.240 e. The third-order valence-corrected chi connectivity index (χ3v) is 4.39. The second-order valence-corrected chi connectivity index (χ2v) is 6.38. The molecular formula is C13H21NO3S. The Bertz CT molecular complexity index is 483. The highest BCUT2D eigenvalue weighted by Crippen LogP contribution is 2.17. The summed E-state index contributed by atoms with van der Waals surface area (Å²) in [5.74, 6) is 0.305. The van der Waals surface area contributed by atoms with E-state index < -0.39 is 16.1 Å². The molecule has 18 heavy (non-hydrogen) atoms. The maximum absolute atomic E-state index is 12.0. The van der Waals surface area contributed by atoms with Crippen molar-refractivity contribution in [2.75, 3.05) is 6.54 Å². The van der Waals surface area contributed by atoms with Crippen LogP contribution in [0.2, 0.25) is 0 Å². The molecule has 0 aliphatic heterocycles. The van der Waals surface area contributed by atoms with Crippen LogP contribution in [0.15, 0.2) is 29.2 Å². The molecule has 0 aromatic heterocycles. The highest BCUT2D eigenvalue weighted by molar-refractivity contribution is 7.89. The number of benzene rings is 1. The van der Waals surface area contributed by atoms with Crippen LogP contribution in [-0.4, -0.2) is 20.1 Å². The fourth-order valence-corrected chi connectivity index (χ4v) is 2.64. The van der Waals surface area contributed by atoms with Crippen LogP contribution in [0.1, 0.15) is 38.9 Å². The summed E-state index contributed by atoms with van der Waals surface area (Å²) in [5, 5.41) is 9.45. The third-order valence-electron chi connectivity index (χ3n) is 2.97. The van der Waals surface area contributed by atoms with Gasteiger partial charge in [-0.15, -0.1) is 0 Å². The van der Waals surface area contributed by atoms with Gasteiger partial charge < -0.3 is 5.11 Å². The fourth-order valence-electron chi connectivity index (χ4n) is 1.42. The van der Waals surface area contributed by atoms with Crippen molar-refractivity contribution in [3.05, 3.63) is 29.8 Å². The van der Waals surface area contributed by atoms with Crippen LogP contribution in [0.25, 0.3) is 0 Å². The molecule has 0 fully saturated rings. The van der Waals surface area contributed by atoms with E-state index in [1.807, 2.05) is 13.8 Å². The fraction of sp³-hybridized carbons (Fsp3) is 0.538. The minimum atomic E-state index is -3.48. The molecule has 0 spiro atoms. The summed E-state index contributed by atoms with van der Waals surface area (Å²) < 4.78 is 26.7. The Labute approximate surface area is 109 Å². The smallest absolute Gasteiger partial charge is 0.240 e. The Morgan fingerprint density at radius 2 is 2.00 bits per heavy atom. The number of sulfonamides is 1. The van der Waals surface area contributed by atoms with Gasteiger partial charge in [0.05, 0.1) is 11.0 Å². The van der Waals surface area contributed by atoms with E-state index in [9.17, 15) is 13.5 Å². The second kappa shape index (κ2) is 6.31. The monoisotopic (exact) mass is 271 g/mol. The molecule has 2 atom stereocenters. The zero-order chi connectivity index (χ0) is 13.8. The molecular weight excluding hydrogens is 250 g/mol. The van der Waals surface area contributed by atoms with Crippen LogP contribution >= 0.6 is 0 Å². The van der Waals surface area contributed by atoms with Gasteiger partial charge in [-0.3, -0.25) is 0 Å². The van der Waals surface area contributed by atoms with Crippen molar-refractivity contribution in [1.82, 2.24) is 4.72 Å². The first-order valence-electron chi connectivity index (χ1n) is 6.14. The molecule has 1 aromatic carbocycles. The second-order valence-electron chi connectivity index (χ2n) is 4.61. The molecule has 0 saturated carbocycles. The largest absolute Gasteiger partial charge is 0.389 e. The summed E-state index contributed by atoms with van der Waals surface area (Å²) >= 11 is 0. The lowest BCUT2D eigenvalue weighted by Crippen LogP contribution is -2.28. The molecule has 0 amide bonds. The molecule has 0 heterocycles. The van der Waals surface area contributed by atoms with Crippen molar-refractivity contribution in [3.63, 3.8) is 0 Å². The van der Waals surface area contributed by atoms with Crippen molar-refractivity contribution in [1.29, 1.82) is 0 Å². The molecule has 1 rings (SSSR count). The average molecular weight is 271 g/mol. The van der Waals surface area contributed by atoms with Crippen LogP contribution in [0.3, 0.4) is 0 Å². The Balaban J connectivity index is 2.88. The topological polar surface area (TPSA) is 66.4 Å². The van der Waals surface area contributed by atoms with Gasteiger partial charge in [-0.1, -0.05) is 32.4 Å². The lowest BCUT2D eigenvalue weighted by Gasteiger charge is -2.12. The number of hydrogen-bond donors (Lipinski definition) is 2. The molecule has 2 unspecified atom stereocenters. The summed E-state index contributed by atoms with van der Waals surface area (Å²) in [6.07, 6.45) is 0.255. The lowest BCUT2D eigenvalue weighted by molar-refractivity contribution is 0.199. The van der Waals surface area contributed by atoms with Crippen molar-refractivity contribution in [3.8, 4) is 0 Å². The van der Waals surface area contributed by atoms with Gasteiger partial charge in [0, 0.05) is 6.54 Å². The van der Waals surface area contributed by atoms with E-state index in [1.165, 1.54) is 12.1 Å². The predicted octanol–water partition coefficient (Wildman–Crippen LogP) is 2.06. The zero-order valence-electron chi connectivity index (χ0n) is 11.1. The van der Waals surface area contributed by atoms with Crippen molar-refractivity contribution >= 4 is 10.0 Å². The van der Waals surface area contributed by atoms with Gasteiger partial charge in [-0.25, -0.2) is 13.1 Å². The minimum Gasteiger partial charge on any atom is -0.389 e. The maximum atomic E-state index is 12.0. The lowest BCUT2D eigenvalue weighted by atomic mass is 10.1. The van der Waals surface area contributed by atoms with E-state index in [0.717, 1.165) is 6.42 Å². The summed E-state index contributed by atoms with van der Waals surface area (Å²) in [4.78, 5) is 0.198. The van der Waals surface area contributed by atoms with Crippen LogP contribution in [0.5, 0.6) is 0 Å². The van der Waals surface area contributed by atoms with Crippen molar-refractivity contribution in [2.45, 2.75) is 38.2 Å². The Hall–Kier alpha value is -0.910. The van der Waals surface area contributed by atoms with E-state index >= 15 is 0 Å². The first kappa shape index (κ1) is 15.1. The molecule has 4 nitrogen and oxygen atoms in total. The normalized spacial score (nSPS) is 15.3. The molecule has 1 aromatic rings. The average Bonchev–Trinajstić information content (AvgIpc) is 2.36. The SMILES string of the molecule is CCC(C)CNS(=O)(=O)c1cccc(C(C)O)c1. The number of rotatable bonds is 6. The number of hydrogen-bond acceptors (Lipinski definition) is 3. The van der Waals surface area contributed by atoms with E-state index in [-0.39, 0.29) is 4.90 Å². The molecule has 5 heteroatoms. The van der Waals surface area contributed by atoms with Gasteiger partial charge in [0.2, 0.25) is 10.0 Å². The summed E-state index contributed by atoms with van der Waals surface area (Å²) in [6.45, 7) is 6.05. The van der Waals surface area contributed by atoms with Crippen LogP contribution in [0, 0.1) is 5.92 Å². The van der Waals surface area contributed by atoms with Crippen LogP contribution < -0.4 is 4.72 Å². The van der Waals surface area contributed by atoms with Gasteiger partial charge >= 0.3 is 0 Å². The number of aliphatic hydroxyl groups excluding tert-OH is 1. The van der Waals surface area contributed by atoms with Crippen LogP contribution in [-0.2, 0) is 10.0 Å². The third kappa shape index (κ3) is 4.08. The van der Waals surface area contributed by atoms with Gasteiger partial charge in [0.1, 0.15) is 0 Å². The standard InChI is InChI=1S/C13H21NO3S/c1-4-10(2)9-14-18(16,17)13-7-5-6-12(8-13)11(3)15/h5-8,10-11,14-15H,4,9H2,1-3H3. The summed E-state index contributed by atoms with van der Waals surface area (Å²) in [7, 11) is -3.48. The molecule has 0 bridgehead atoms. The van der Waals surface area contributed by atoms with Crippen molar-refractivity contribution in [2.24, 2.45) is 5.92 Å². The van der Waals surface area contributed by atoms with E-state index in [4.69, 9.17) is 0 Å². The molecule has 0 aliphatic rings. The summed E-state index contributed by atoms with van der Waals surface area (Å²) in [6, 6.07) is 6.38. The van der Waals surface area contributed by atoms with Gasteiger partial charge in [0.15, 0.2) is 0 Å². The van der Waals surface area contributed by atoms with Gasteiger partial charge in [0.25, 0.3) is 0 Å². The van der Waals surface area contributed by atoms with Gasteiger partial charge in [-0.05, 0) is 30.5 Å². The quantitative estimate of drug-likeness (QED) is 0.832. The van der Waals surface area contributed by atoms with E-state index in [0.29, 0.717) is 18.0 Å². The van der Waals surface area contributed by atoms with Crippen molar-refractivity contribution < 1.29 is 13.5 Å². The molecule has 2 N–H and O–H groups in total. The highest BCUT2D eigenvalue weighted by Gasteiger charge is 2.15. The highest BCUT2D eigenvalue weighted by atomic mass is 32.2. The van der Waals surface area contributed by atoms with E-state index in [2.05, 4.69) is 4.72 Å². The Kier molecular flexibility index (Phi) is 5.31. The van der Waals surface area contributed by atoms with Gasteiger partial charge in [-0.2, -0.15) is 0 Å². The van der Waals surface area contributed by atoms with E-state index in [1.54, 1.807) is 19.1 Å². The molecule has 102 valence electrons. The van der Waals surface area contributed by atoms with Crippen LogP contribution in [0.4, 0.5) is 0 Å². The molecule has 0 radical (unpaired) electrons. The Morgan fingerprint density at radius 1 is 1.33 bits per heavy atom. The number of nitrogens with one attached hydrogen (secondary N) is 1. The number of aliphatic hydroxyl groups is 1. The predicted molar refractivity (Wildman–Crippen MR) is 71.7 cm³/mol.